The van der Waals surface area contributed by atoms with E-state index in [0.29, 0.717) is 16.6 Å². The molecule has 0 fully saturated rings. The van der Waals surface area contributed by atoms with Gasteiger partial charge in [-0.2, -0.15) is 0 Å². The molecule has 3 nitrogen and oxygen atoms in total. The van der Waals surface area contributed by atoms with Gasteiger partial charge in [0.1, 0.15) is 11.5 Å². The summed E-state index contributed by atoms with van der Waals surface area (Å²) in [5.74, 6) is -0.800. The predicted molar refractivity (Wildman–Crippen MR) is 54.2 cm³/mol. The monoisotopic (exact) mass is 207 g/mol. The first kappa shape index (κ1) is 9.71. The third kappa shape index (κ3) is 1.38. The standard InChI is InChI=1S/C11H10FNO2/c1-13-9-5-3-4-8(12)7(9)6-10(13)11(14)15-2/h3-6H,1-2H3. The molecule has 78 valence electrons. The maximum Gasteiger partial charge on any atom is 0.354 e. The SMILES string of the molecule is COC(=O)c1cc2c(F)cccc2n1C. The largest absolute Gasteiger partial charge is 0.464 e. The van der Waals surface area contributed by atoms with Crippen molar-refractivity contribution in [2.45, 2.75) is 0 Å². The average Bonchev–Trinajstić information content (AvgIpc) is 2.57. The molecule has 0 amide bonds. The maximum atomic E-state index is 13.4. The second kappa shape index (κ2) is 3.38. The van der Waals surface area contributed by atoms with E-state index in [0.717, 1.165) is 0 Å². The molecule has 4 heteroatoms. The zero-order valence-electron chi connectivity index (χ0n) is 8.45. The van der Waals surface area contributed by atoms with Crippen LogP contribution >= 0.6 is 0 Å². The van der Waals surface area contributed by atoms with Crippen molar-refractivity contribution in [2.75, 3.05) is 7.11 Å². The van der Waals surface area contributed by atoms with Crippen LogP contribution in [0.15, 0.2) is 24.3 Å². The minimum atomic E-state index is -0.465. The van der Waals surface area contributed by atoms with Crippen LogP contribution in [-0.2, 0) is 11.8 Å². The lowest BCUT2D eigenvalue weighted by molar-refractivity contribution is 0.0590. The highest BCUT2D eigenvalue weighted by atomic mass is 19.1. The number of hydrogen-bond acceptors (Lipinski definition) is 2. The first-order chi connectivity index (χ1) is 7.15. The fraction of sp³-hybridized carbons (Fsp3) is 0.182. The van der Waals surface area contributed by atoms with Crippen LogP contribution in [0.2, 0.25) is 0 Å². The minimum Gasteiger partial charge on any atom is -0.464 e. The minimum absolute atomic E-state index is 0.335. The van der Waals surface area contributed by atoms with Gasteiger partial charge in [-0.25, -0.2) is 9.18 Å². The summed E-state index contributed by atoms with van der Waals surface area (Å²) in [5, 5.41) is 0.431. The molecule has 1 heterocycles. The van der Waals surface area contributed by atoms with Crippen LogP contribution in [0.4, 0.5) is 4.39 Å². The zero-order valence-corrected chi connectivity index (χ0v) is 8.45. The van der Waals surface area contributed by atoms with E-state index in [9.17, 15) is 9.18 Å². The molecule has 2 rings (SSSR count). The lowest BCUT2D eigenvalue weighted by Crippen LogP contribution is -2.06. The number of methoxy groups -OCH3 is 1. The molecule has 1 aromatic carbocycles. The quantitative estimate of drug-likeness (QED) is 0.670. The number of fused-ring (bicyclic) bond motifs is 1. The number of hydrogen-bond donors (Lipinski definition) is 0. The normalized spacial score (nSPS) is 10.6. The number of carbonyl (C=O) groups excluding carboxylic acids is 1. The van der Waals surface area contributed by atoms with E-state index in [1.54, 1.807) is 23.7 Å². The summed E-state index contributed by atoms with van der Waals surface area (Å²) in [4.78, 5) is 11.3. The van der Waals surface area contributed by atoms with Gasteiger partial charge in [-0.1, -0.05) is 6.07 Å². The van der Waals surface area contributed by atoms with Crippen LogP contribution in [0.25, 0.3) is 10.9 Å². The third-order valence-corrected chi connectivity index (χ3v) is 2.43. The van der Waals surface area contributed by atoms with Gasteiger partial charge in [-0.15, -0.1) is 0 Å². The van der Waals surface area contributed by atoms with Gasteiger partial charge in [0.25, 0.3) is 0 Å². The van der Waals surface area contributed by atoms with Gasteiger partial charge in [0.2, 0.25) is 0 Å². The Morgan fingerprint density at radius 3 is 2.80 bits per heavy atom. The first-order valence-electron chi connectivity index (χ1n) is 4.47. The van der Waals surface area contributed by atoms with Crippen molar-refractivity contribution in [2.24, 2.45) is 7.05 Å². The Labute approximate surface area is 86.1 Å². The fourth-order valence-corrected chi connectivity index (χ4v) is 1.62. The van der Waals surface area contributed by atoms with Gasteiger partial charge < -0.3 is 9.30 Å². The second-order valence-electron chi connectivity index (χ2n) is 3.25. The number of benzene rings is 1. The molecule has 0 spiro atoms. The third-order valence-electron chi connectivity index (χ3n) is 2.43. The molecule has 0 saturated carbocycles. The van der Waals surface area contributed by atoms with Crippen molar-refractivity contribution in [3.63, 3.8) is 0 Å². The molecule has 15 heavy (non-hydrogen) atoms. The van der Waals surface area contributed by atoms with Crippen LogP contribution in [0.5, 0.6) is 0 Å². The number of rotatable bonds is 1. The van der Waals surface area contributed by atoms with E-state index in [2.05, 4.69) is 4.74 Å². The van der Waals surface area contributed by atoms with Crippen molar-refractivity contribution in [3.8, 4) is 0 Å². The Balaban J connectivity index is 2.75. The van der Waals surface area contributed by atoms with Gasteiger partial charge in [0.05, 0.1) is 12.6 Å². The number of aryl methyl sites for hydroxylation is 1. The first-order valence-corrected chi connectivity index (χ1v) is 4.47. The number of aromatic nitrogens is 1. The van der Waals surface area contributed by atoms with E-state index >= 15 is 0 Å². The van der Waals surface area contributed by atoms with Crippen molar-refractivity contribution in [3.05, 3.63) is 35.8 Å². The van der Waals surface area contributed by atoms with Gasteiger partial charge in [0.15, 0.2) is 0 Å². The number of ether oxygens (including phenoxy) is 1. The maximum absolute atomic E-state index is 13.4. The molecule has 0 aliphatic rings. The van der Waals surface area contributed by atoms with Crippen molar-refractivity contribution in [1.29, 1.82) is 0 Å². The lowest BCUT2D eigenvalue weighted by atomic mass is 10.2. The molecular weight excluding hydrogens is 197 g/mol. The summed E-state index contributed by atoms with van der Waals surface area (Å²) in [6.07, 6.45) is 0. The topological polar surface area (TPSA) is 31.2 Å². The van der Waals surface area contributed by atoms with Crippen LogP contribution in [0.1, 0.15) is 10.5 Å². The van der Waals surface area contributed by atoms with E-state index in [-0.39, 0.29) is 5.82 Å². The van der Waals surface area contributed by atoms with E-state index in [4.69, 9.17) is 0 Å². The summed E-state index contributed by atoms with van der Waals surface area (Å²) < 4.78 is 19.6. The molecular formula is C11H10FNO2. The summed E-state index contributed by atoms with van der Waals surface area (Å²) in [7, 11) is 3.00. The molecule has 0 radical (unpaired) electrons. The molecule has 2 aromatic rings. The number of esters is 1. The second-order valence-corrected chi connectivity index (χ2v) is 3.25. The predicted octanol–water partition coefficient (Wildman–Crippen LogP) is 2.10. The zero-order chi connectivity index (χ0) is 11.0. The van der Waals surface area contributed by atoms with Crippen molar-refractivity contribution in [1.82, 2.24) is 4.57 Å². The molecule has 0 aliphatic carbocycles. The number of nitrogens with zero attached hydrogens (tertiary/aromatic N) is 1. The summed E-state index contributed by atoms with van der Waals surface area (Å²) in [5.41, 5.74) is 1.02. The summed E-state index contributed by atoms with van der Waals surface area (Å²) in [6, 6.07) is 6.23. The van der Waals surface area contributed by atoms with Gasteiger partial charge in [-0.3, -0.25) is 0 Å². The highest BCUT2D eigenvalue weighted by Gasteiger charge is 2.14. The Morgan fingerprint density at radius 1 is 1.47 bits per heavy atom. The smallest absolute Gasteiger partial charge is 0.354 e. The van der Waals surface area contributed by atoms with Crippen molar-refractivity contribution >= 4 is 16.9 Å². The molecule has 0 atom stereocenters. The summed E-state index contributed by atoms with van der Waals surface area (Å²) >= 11 is 0. The van der Waals surface area contributed by atoms with Crippen LogP contribution in [0.3, 0.4) is 0 Å². The van der Waals surface area contributed by atoms with E-state index in [1.807, 2.05) is 0 Å². The Kier molecular flexibility index (Phi) is 2.19. The van der Waals surface area contributed by atoms with Crippen LogP contribution in [-0.4, -0.2) is 17.6 Å². The molecule has 0 N–H and O–H groups in total. The Bertz CT molecular complexity index is 531. The Hall–Kier alpha value is -1.84. The van der Waals surface area contributed by atoms with Crippen LogP contribution in [0, 0.1) is 5.82 Å². The highest BCUT2D eigenvalue weighted by molar-refractivity contribution is 5.95. The lowest BCUT2D eigenvalue weighted by Gasteiger charge is -2.01. The Morgan fingerprint density at radius 2 is 2.20 bits per heavy atom. The molecule has 1 aromatic heterocycles. The van der Waals surface area contributed by atoms with E-state index < -0.39 is 5.97 Å². The van der Waals surface area contributed by atoms with Gasteiger partial charge in [0, 0.05) is 12.4 Å². The van der Waals surface area contributed by atoms with E-state index in [1.165, 1.54) is 19.2 Å². The average molecular weight is 207 g/mol. The van der Waals surface area contributed by atoms with Crippen LogP contribution < -0.4 is 0 Å². The fourth-order valence-electron chi connectivity index (χ4n) is 1.62. The number of halogens is 1. The summed E-state index contributed by atoms with van der Waals surface area (Å²) in [6.45, 7) is 0. The molecule has 0 saturated heterocycles. The van der Waals surface area contributed by atoms with Crippen molar-refractivity contribution < 1.29 is 13.9 Å². The highest BCUT2D eigenvalue weighted by Crippen LogP contribution is 2.21. The van der Waals surface area contributed by atoms with Gasteiger partial charge >= 0.3 is 5.97 Å². The molecule has 0 bridgehead atoms. The molecule has 0 aliphatic heterocycles. The van der Waals surface area contributed by atoms with Gasteiger partial charge in [-0.05, 0) is 18.2 Å². The number of carbonyl (C=O) groups is 1. The molecule has 0 unspecified atom stereocenters.